The topological polar surface area (TPSA) is 103 Å². The molecule has 0 bridgehead atoms. The van der Waals surface area contributed by atoms with Gasteiger partial charge in [-0.05, 0) is 61.7 Å². The molecule has 0 saturated carbocycles. The number of halogens is 3. The van der Waals surface area contributed by atoms with Gasteiger partial charge in [-0.25, -0.2) is 4.79 Å². The summed E-state index contributed by atoms with van der Waals surface area (Å²) in [7, 11) is 0. The van der Waals surface area contributed by atoms with E-state index >= 15 is 0 Å². The first kappa shape index (κ1) is 25.3. The van der Waals surface area contributed by atoms with Crippen LogP contribution in [0, 0.1) is 0 Å². The van der Waals surface area contributed by atoms with Crippen LogP contribution in [-0.2, 0) is 6.54 Å². The molecule has 1 unspecified atom stereocenters. The molecule has 0 aliphatic rings. The van der Waals surface area contributed by atoms with Crippen LogP contribution in [0.3, 0.4) is 0 Å². The van der Waals surface area contributed by atoms with Gasteiger partial charge in [0.2, 0.25) is 0 Å². The van der Waals surface area contributed by atoms with E-state index in [2.05, 4.69) is 9.72 Å². The Balaban J connectivity index is 2.22. The van der Waals surface area contributed by atoms with Gasteiger partial charge in [0.15, 0.2) is 0 Å². The summed E-state index contributed by atoms with van der Waals surface area (Å²) < 4.78 is 41.5. The highest BCUT2D eigenvalue weighted by molar-refractivity contribution is 5.97. The lowest BCUT2D eigenvalue weighted by molar-refractivity contribution is -0.274. The number of rotatable bonds is 6. The highest BCUT2D eigenvalue weighted by Gasteiger charge is 2.31. The third-order valence-electron chi connectivity index (χ3n) is 5.29. The Hall–Kier alpha value is -3.37. The van der Waals surface area contributed by atoms with Gasteiger partial charge in [0.05, 0.1) is 12.1 Å². The third-order valence-corrected chi connectivity index (χ3v) is 5.29. The summed E-state index contributed by atoms with van der Waals surface area (Å²) in [4.78, 5) is 17.6. The molecule has 0 aliphatic carbocycles. The number of alkyl halides is 3. The summed E-state index contributed by atoms with van der Waals surface area (Å²) in [5.74, 6) is -0.383. The van der Waals surface area contributed by atoms with E-state index in [1.807, 2.05) is 0 Å². The fourth-order valence-electron chi connectivity index (χ4n) is 3.76. The van der Waals surface area contributed by atoms with Gasteiger partial charge in [0.25, 0.3) is 0 Å². The molecule has 7 nitrogen and oxygen atoms in total. The standard InChI is InChI=1S/C24H25F3N2O5/c1-23(2,3)29(22(32)33)12-15-11-18(14-6-8-16(9-7-14)34-24(25,26)27)21-17(5-4-10-28-21)20(15)19(31)13-30/h4-11,19,30-31H,12-13H2,1-3H3,(H,32,33). The van der Waals surface area contributed by atoms with Gasteiger partial charge < -0.3 is 20.1 Å². The number of carboxylic acid groups (broad SMARTS) is 1. The number of aliphatic hydroxyl groups is 2. The Morgan fingerprint density at radius 1 is 1.15 bits per heavy atom. The summed E-state index contributed by atoms with van der Waals surface area (Å²) in [6.45, 7) is 4.49. The normalized spacial score (nSPS) is 13.1. The number of hydrogen-bond acceptors (Lipinski definition) is 5. The van der Waals surface area contributed by atoms with Crippen molar-refractivity contribution < 1.29 is 38.0 Å². The molecule has 0 fully saturated rings. The SMILES string of the molecule is CC(C)(C)N(Cc1cc(-c2ccc(OC(F)(F)F)cc2)c2ncccc2c1C(O)CO)C(=O)O. The molecule has 3 rings (SSSR count). The number of pyridine rings is 1. The van der Waals surface area contributed by atoms with Crippen LogP contribution in [0.15, 0.2) is 48.7 Å². The van der Waals surface area contributed by atoms with E-state index in [0.717, 1.165) is 0 Å². The molecule has 2 aromatic carbocycles. The predicted octanol–water partition coefficient (Wildman–Crippen LogP) is 5.10. The second-order valence-corrected chi connectivity index (χ2v) is 8.71. The maximum Gasteiger partial charge on any atom is 0.573 e. The molecule has 1 atom stereocenters. The monoisotopic (exact) mass is 478 g/mol. The molecule has 182 valence electrons. The number of carbonyl (C=O) groups is 1. The minimum Gasteiger partial charge on any atom is -0.465 e. The van der Waals surface area contributed by atoms with E-state index in [1.165, 1.54) is 35.4 Å². The molecule has 0 saturated heterocycles. The van der Waals surface area contributed by atoms with Crippen molar-refractivity contribution in [2.24, 2.45) is 0 Å². The maximum atomic E-state index is 12.5. The minimum atomic E-state index is -4.82. The van der Waals surface area contributed by atoms with Crippen LogP contribution in [0.2, 0.25) is 0 Å². The highest BCUT2D eigenvalue weighted by Crippen LogP contribution is 2.37. The Morgan fingerprint density at radius 2 is 1.79 bits per heavy atom. The molecule has 1 amide bonds. The molecule has 1 aromatic heterocycles. The lowest BCUT2D eigenvalue weighted by Crippen LogP contribution is -2.44. The van der Waals surface area contributed by atoms with E-state index in [0.29, 0.717) is 33.2 Å². The van der Waals surface area contributed by atoms with Crippen LogP contribution in [0.1, 0.15) is 38.0 Å². The molecule has 0 aliphatic heterocycles. The van der Waals surface area contributed by atoms with Crippen LogP contribution >= 0.6 is 0 Å². The van der Waals surface area contributed by atoms with Crippen LogP contribution < -0.4 is 4.74 Å². The number of benzene rings is 2. The van der Waals surface area contributed by atoms with E-state index in [9.17, 15) is 33.3 Å². The van der Waals surface area contributed by atoms with Crippen molar-refractivity contribution in [2.45, 2.75) is 45.3 Å². The second kappa shape index (κ2) is 9.47. The van der Waals surface area contributed by atoms with Crippen LogP contribution in [0.4, 0.5) is 18.0 Å². The fraction of sp³-hybridized carbons (Fsp3) is 0.333. The molecule has 10 heteroatoms. The Bertz CT molecular complexity index is 1170. The Labute approximate surface area is 194 Å². The number of aromatic nitrogens is 1. The van der Waals surface area contributed by atoms with Crippen molar-refractivity contribution in [3.8, 4) is 16.9 Å². The smallest absolute Gasteiger partial charge is 0.465 e. The fourth-order valence-corrected chi connectivity index (χ4v) is 3.76. The molecule has 34 heavy (non-hydrogen) atoms. The molecule has 1 heterocycles. The number of ether oxygens (including phenoxy) is 1. The Morgan fingerprint density at radius 3 is 2.32 bits per heavy atom. The van der Waals surface area contributed by atoms with Gasteiger partial charge in [0, 0.05) is 29.2 Å². The van der Waals surface area contributed by atoms with Gasteiger partial charge >= 0.3 is 12.5 Å². The third kappa shape index (κ3) is 5.57. The summed E-state index contributed by atoms with van der Waals surface area (Å²) in [6, 6.07) is 10.2. The van der Waals surface area contributed by atoms with E-state index in [4.69, 9.17) is 0 Å². The zero-order valence-corrected chi connectivity index (χ0v) is 18.8. The second-order valence-electron chi connectivity index (χ2n) is 8.71. The molecule has 3 aromatic rings. The lowest BCUT2D eigenvalue weighted by atomic mass is 9.90. The van der Waals surface area contributed by atoms with Gasteiger partial charge in [-0.15, -0.1) is 13.2 Å². The van der Waals surface area contributed by atoms with Crippen molar-refractivity contribution in [2.75, 3.05) is 6.61 Å². The average Bonchev–Trinajstić information content (AvgIpc) is 2.74. The summed E-state index contributed by atoms with van der Waals surface area (Å²) >= 11 is 0. The highest BCUT2D eigenvalue weighted by atomic mass is 19.4. The van der Waals surface area contributed by atoms with Crippen LogP contribution in [-0.4, -0.2) is 49.8 Å². The van der Waals surface area contributed by atoms with Crippen molar-refractivity contribution in [3.05, 3.63) is 59.8 Å². The van der Waals surface area contributed by atoms with Gasteiger partial charge in [-0.1, -0.05) is 18.2 Å². The summed E-state index contributed by atoms with van der Waals surface area (Å²) in [6.07, 6.45) is -5.76. The average molecular weight is 478 g/mol. The molecular formula is C24H25F3N2O5. The zero-order chi connectivity index (χ0) is 25.3. The molecular weight excluding hydrogens is 453 g/mol. The van der Waals surface area contributed by atoms with Gasteiger partial charge in [-0.2, -0.15) is 0 Å². The van der Waals surface area contributed by atoms with E-state index in [-0.39, 0.29) is 12.3 Å². The van der Waals surface area contributed by atoms with Crippen molar-refractivity contribution in [3.63, 3.8) is 0 Å². The molecule has 0 radical (unpaired) electrons. The number of fused-ring (bicyclic) bond motifs is 1. The first-order valence-electron chi connectivity index (χ1n) is 10.4. The number of nitrogens with zero attached hydrogens (tertiary/aromatic N) is 2. The molecule has 3 N–H and O–H groups in total. The Kier molecular flexibility index (Phi) is 7.04. The summed E-state index contributed by atoms with van der Waals surface area (Å²) in [5, 5.41) is 30.5. The first-order valence-corrected chi connectivity index (χ1v) is 10.4. The van der Waals surface area contributed by atoms with Crippen LogP contribution in [0.25, 0.3) is 22.0 Å². The van der Waals surface area contributed by atoms with Crippen molar-refractivity contribution in [1.29, 1.82) is 0 Å². The predicted molar refractivity (Wildman–Crippen MR) is 119 cm³/mol. The number of amides is 1. The minimum absolute atomic E-state index is 0.0989. The zero-order valence-electron chi connectivity index (χ0n) is 18.8. The number of aliphatic hydroxyl groups excluding tert-OH is 2. The quantitative estimate of drug-likeness (QED) is 0.455. The van der Waals surface area contributed by atoms with E-state index < -0.39 is 30.7 Å². The first-order chi connectivity index (χ1) is 15.8. The van der Waals surface area contributed by atoms with Gasteiger partial charge in [-0.3, -0.25) is 9.88 Å². The van der Waals surface area contributed by atoms with Crippen LogP contribution in [0.5, 0.6) is 5.75 Å². The number of hydrogen-bond donors (Lipinski definition) is 3. The molecule has 0 spiro atoms. The lowest BCUT2D eigenvalue weighted by Gasteiger charge is -2.34. The summed E-state index contributed by atoms with van der Waals surface area (Å²) in [5.41, 5.74) is 1.48. The van der Waals surface area contributed by atoms with Crippen molar-refractivity contribution >= 4 is 17.0 Å². The largest absolute Gasteiger partial charge is 0.573 e. The van der Waals surface area contributed by atoms with Gasteiger partial charge in [0.1, 0.15) is 11.9 Å². The maximum absolute atomic E-state index is 12.5. The van der Waals surface area contributed by atoms with Crippen molar-refractivity contribution in [1.82, 2.24) is 9.88 Å². The van der Waals surface area contributed by atoms with E-state index in [1.54, 1.807) is 39.0 Å².